The molecule has 0 spiro atoms. The molecule has 8 heteroatoms. The number of nitrogens with zero attached hydrogens (tertiary/aromatic N) is 3. The molecule has 3 N–H and O–H groups in total. The first-order chi connectivity index (χ1) is 13.8. The fourth-order valence-corrected chi connectivity index (χ4v) is 3.23. The Morgan fingerprint density at radius 1 is 1.03 bits per heavy atom. The highest BCUT2D eigenvalue weighted by atomic mass is 16.2. The van der Waals surface area contributed by atoms with Crippen molar-refractivity contribution in [3.63, 3.8) is 0 Å². The number of Topliss-reactive ketones (excluding diaryl/α,β-unsaturated/α-hetero) is 1. The van der Waals surface area contributed by atoms with Gasteiger partial charge in [-0.3, -0.25) is 19.4 Å². The van der Waals surface area contributed by atoms with Crippen molar-refractivity contribution in [3.8, 4) is 22.5 Å². The van der Waals surface area contributed by atoms with Gasteiger partial charge in [-0.25, -0.2) is 4.98 Å². The summed E-state index contributed by atoms with van der Waals surface area (Å²) >= 11 is 0. The van der Waals surface area contributed by atoms with Gasteiger partial charge in [-0.1, -0.05) is 0 Å². The molecule has 8 nitrogen and oxygen atoms in total. The van der Waals surface area contributed by atoms with Crippen LogP contribution >= 0.6 is 0 Å². The fraction of sp³-hybridized carbons (Fsp3) is 0.190. The van der Waals surface area contributed by atoms with E-state index >= 15 is 0 Å². The number of amides is 2. The Bertz CT molecular complexity index is 1120. The summed E-state index contributed by atoms with van der Waals surface area (Å²) in [5.74, 6) is -0.423. The number of carbonyl (C=O) groups is 3. The molecule has 148 valence electrons. The molecule has 2 amide bonds. The molecule has 0 radical (unpaired) electrons. The molecule has 0 aliphatic carbocycles. The minimum absolute atomic E-state index is 0.0160. The maximum atomic E-state index is 12.1. The minimum atomic E-state index is -0.572. The van der Waals surface area contributed by atoms with E-state index in [1.807, 2.05) is 23.7 Å². The van der Waals surface area contributed by atoms with Gasteiger partial charge in [0, 0.05) is 55.3 Å². The number of anilines is 1. The number of carbonyl (C=O) groups excluding carboxylic acids is 3. The number of nitrogens with two attached hydrogens (primary N) is 1. The fourth-order valence-electron chi connectivity index (χ4n) is 3.23. The van der Waals surface area contributed by atoms with Crippen molar-refractivity contribution < 1.29 is 14.4 Å². The van der Waals surface area contributed by atoms with E-state index in [4.69, 9.17) is 5.73 Å². The van der Waals surface area contributed by atoms with Gasteiger partial charge in [0.1, 0.15) is 11.6 Å². The number of hydrogen-bond acceptors (Lipinski definition) is 5. The van der Waals surface area contributed by atoms with Gasteiger partial charge in [-0.2, -0.15) is 0 Å². The van der Waals surface area contributed by atoms with Gasteiger partial charge < -0.3 is 15.6 Å². The molecule has 3 aromatic heterocycles. The predicted molar refractivity (Wildman–Crippen MR) is 109 cm³/mol. The van der Waals surface area contributed by atoms with Crippen molar-refractivity contribution in [2.75, 3.05) is 5.32 Å². The summed E-state index contributed by atoms with van der Waals surface area (Å²) in [7, 11) is 1.82. The lowest BCUT2D eigenvalue weighted by Gasteiger charge is -2.11. The molecule has 0 aromatic carbocycles. The summed E-state index contributed by atoms with van der Waals surface area (Å²) in [6.07, 6.45) is 3.42. The Hall–Kier alpha value is -3.81. The van der Waals surface area contributed by atoms with Crippen LogP contribution in [0.1, 0.15) is 29.9 Å². The Morgan fingerprint density at radius 3 is 2.38 bits per heavy atom. The van der Waals surface area contributed by atoms with Gasteiger partial charge in [0.25, 0.3) is 5.91 Å². The number of ketones is 1. The topological polar surface area (TPSA) is 120 Å². The summed E-state index contributed by atoms with van der Waals surface area (Å²) in [6, 6.07) is 8.76. The molecule has 0 saturated heterocycles. The lowest BCUT2D eigenvalue weighted by atomic mass is 10.1. The van der Waals surface area contributed by atoms with Gasteiger partial charge in [0.15, 0.2) is 0 Å². The molecule has 0 aliphatic heterocycles. The summed E-state index contributed by atoms with van der Waals surface area (Å²) in [5, 5.41) is 2.63. The highest BCUT2D eigenvalue weighted by Gasteiger charge is 2.20. The summed E-state index contributed by atoms with van der Waals surface area (Å²) in [5.41, 5.74) is 9.47. The van der Waals surface area contributed by atoms with Gasteiger partial charge in [0.05, 0.1) is 11.3 Å². The Labute approximate surface area is 167 Å². The molecule has 0 aliphatic rings. The van der Waals surface area contributed by atoms with Crippen LogP contribution in [0, 0.1) is 0 Å². The smallest absolute Gasteiger partial charge is 0.250 e. The zero-order valence-corrected chi connectivity index (χ0v) is 16.4. The van der Waals surface area contributed by atoms with Crippen LogP contribution in [0.3, 0.4) is 0 Å². The lowest BCUT2D eigenvalue weighted by molar-refractivity contribution is -0.116. The maximum absolute atomic E-state index is 12.1. The molecule has 0 fully saturated rings. The first-order valence-electron chi connectivity index (χ1n) is 8.94. The van der Waals surface area contributed by atoms with Crippen LogP contribution in [0.2, 0.25) is 0 Å². The van der Waals surface area contributed by atoms with E-state index in [0.717, 1.165) is 11.3 Å². The first kappa shape index (κ1) is 19.9. The van der Waals surface area contributed by atoms with E-state index in [1.54, 1.807) is 30.6 Å². The van der Waals surface area contributed by atoms with Crippen molar-refractivity contribution in [3.05, 3.63) is 54.0 Å². The van der Waals surface area contributed by atoms with Crippen LogP contribution in [0.25, 0.3) is 22.5 Å². The number of pyridine rings is 2. The zero-order chi connectivity index (χ0) is 21.1. The Kier molecular flexibility index (Phi) is 5.54. The SMILES string of the molecule is CC(=O)Cc1cc(-c2cc(C(N)=O)c(-c3ccnc(NC(C)=O)c3)n2C)ccn1. The quantitative estimate of drug-likeness (QED) is 0.668. The number of hydrogen-bond donors (Lipinski definition) is 2. The van der Waals surface area contributed by atoms with Gasteiger partial charge in [-0.05, 0) is 37.3 Å². The second kappa shape index (κ2) is 8.05. The lowest BCUT2D eigenvalue weighted by Crippen LogP contribution is -2.12. The minimum Gasteiger partial charge on any atom is -0.366 e. The first-order valence-corrected chi connectivity index (χ1v) is 8.94. The predicted octanol–water partition coefficient (Wildman–Crippen LogP) is 2.34. The van der Waals surface area contributed by atoms with E-state index in [9.17, 15) is 14.4 Å². The van der Waals surface area contributed by atoms with E-state index in [0.29, 0.717) is 28.3 Å². The van der Waals surface area contributed by atoms with Crippen molar-refractivity contribution >= 4 is 23.4 Å². The van der Waals surface area contributed by atoms with Crippen molar-refractivity contribution in [1.82, 2.24) is 14.5 Å². The molecule has 3 aromatic rings. The molecule has 3 rings (SSSR count). The highest BCUT2D eigenvalue weighted by Crippen LogP contribution is 2.32. The van der Waals surface area contributed by atoms with Crippen LogP contribution < -0.4 is 11.1 Å². The Balaban J connectivity index is 2.13. The molecule has 0 atom stereocenters. The van der Waals surface area contributed by atoms with Gasteiger partial charge in [0.2, 0.25) is 5.91 Å². The summed E-state index contributed by atoms with van der Waals surface area (Å²) in [4.78, 5) is 43.2. The third-order valence-corrected chi connectivity index (χ3v) is 4.38. The molecule has 29 heavy (non-hydrogen) atoms. The number of aromatic nitrogens is 3. The molecule has 0 bridgehead atoms. The maximum Gasteiger partial charge on any atom is 0.250 e. The third kappa shape index (κ3) is 4.37. The molecular formula is C21H21N5O3. The normalized spacial score (nSPS) is 10.6. The standard InChI is InChI=1S/C21H21N5O3/c1-12(27)8-16-9-14(4-6-23-16)18-11-17(21(22)29)20(26(18)3)15-5-7-24-19(10-15)25-13(2)28/h4-7,9-11H,8H2,1-3H3,(H2,22,29)(H,24,25,28). The summed E-state index contributed by atoms with van der Waals surface area (Å²) < 4.78 is 1.85. The van der Waals surface area contributed by atoms with Crippen LogP contribution in [-0.4, -0.2) is 32.1 Å². The van der Waals surface area contributed by atoms with Crippen LogP contribution in [0.4, 0.5) is 5.82 Å². The Morgan fingerprint density at radius 2 is 1.72 bits per heavy atom. The van der Waals surface area contributed by atoms with Crippen LogP contribution in [0.15, 0.2) is 42.7 Å². The molecule has 0 saturated carbocycles. The van der Waals surface area contributed by atoms with Crippen LogP contribution in [0.5, 0.6) is 0 Å². The van der Waals surface area contributed by atoms with Crippen molar-refractivity contribution in [2.24, 2.45) is 12.8 Å². The van der Waals surface area contributed by atoms with Crippen molar-refractivity contribution in [1.29, 1.82) is 0 Å². The molecule has 0 unspecified atom stereocenters. The third-order valence-electron chi connectivity index (χ3n) is 4.38. The van der Waals surface area contributed by atoms with Gasteiger partial charge >= 0.3 is 0 Å². The largest absolute Gasteiger partial charge is 0.366 e. The highest BCUT2D eigenvalue weighted by molar-refractivity contribution is 6.01. The summed E-state index contributed by atoms with van der Waals surface area (Å²) in [6.45, 7) is 2.90. The number of rotatable bonds is 6. The number of primary amides is 1. The average molecular weight is 391 g/mol. The van der Waals surface area contributed by atoms with E-state index in [-0.39, 0.29) is 18.1 Å². The van der Waals surface area contributed by atoms with E-state index < -0.39 is 5.91 Å². The van der Waals surface area contributed by atoms with Crippen molar-refractivity contribution in [2.45, 2.75) is 20.3 Å². The zero-order valence-electron chi connectivity index (χ0n) is 16.4. The van der Waals surface area contributed by atoms with E-state index in [2.05, 4.69) is 15.3 Å². The second-order valence-corrected chi connectivity index (χ2v) is 6.74. The van der Waals surface area contributed by atoms with Gasteiger partial charge in [-0.15, -0.1) is 0 Å². The molecule has 3 heterocycles. The average Bonchev–Trinajstić information content (AvgIpc) is 2.98. The van der Waals surface area contributed by atoms with E-state index in [1.165, 1.54) is 13.8 Å². The second-order valence-electron chi connectivity index (χ2n) is 6.74. The molecular weight excluding hydrogens is 370 g/mol. The van der Waals surface area contributed by atoms with Crippen LogP contribution in [-0.2, 0) is 23.1 Å². The monoisotopic (exact) mass is 391 g/mol. The number of nitrogens with one attached hydrogen (secondary N) is 1.